The van der Waals surface area contributed by atoms with Gasteiger partial charge in [-0.15, -0.1) is 0 Å². The fraction of sp³-hybridized carbons (Fsp3) is 0.286. The number of pyridine rings is 1. The highest BCUT2D eigenvalue weighted by Crippen LogP contribution is 2.13. The van der Waals surface area contributed by atoms with Crippen molar-refractivity contribution >= 4 is 0 Å². The molecule has 1 aromatic rings. The van der Waals surface area contributed by atoms with Crippen molar-refractivity contribution in [2.75, 3.05) is 6.67 Å². The van der Waals surface area contributed by atoms with Crippen molar-refractivity contribution in [2.45, 2.75) is 6.17 Å². The second-order valence-corrected chi connectivity index (χ2v) is 1.88. The lowest BCUT2D eigenvalue weighted by Crippen LogP contribution is -1.95. The normalized spacial score (nSPS) is 13.0. The molecule has 0 spiro atoms. The van der Waals surface area contributed by atoms with Crippen LogP contribution in [0.25, 0.3) is 0 Å². The van der Waals surface area contributed by atoms with Gasteiger partial charge in [0.05, 0.1) is 5.69 Å². The first kappa shape index (κ1) is 7.12. The number of nitrogens with zero attached hydrogens (tertiary/aromatic N) is 1. The van der Waals surface area contributed by atoms with Crippen molar-refractivity contribution in [3.05, 3.63) is 30.1 Å². The Hall–Kier alpha value is -0.990. The number of rotatable bonds is 2. The minimum absolute atomic E-state index is 0.157. The molecule has 0 bridgehead atoms. The van der Waals surface area contributed by atoms with Crippen LogP contribution in [0.5, 0.6) is 0 Å². The SMILES string of the molecule is FCC(F)c1ccccn1. The fourth-order valence-electron chi connectivity index (χ4n) is 0.640. The summed E-state index contributed by atoms with van der Waals surface area (Å²) in [4.78, 5) is 3.63. The maximum atomic E-state index is 12.4. The van der Waals surface area contributed by atoms with Crippen LogP contribution in [0.15, 0.2) is 24.4 Å². The highest BCUT2D eigenvalue weighted by atomic mass is 19.2. The molecule has 0 amide bonds. The van der Waals surface area contributed by atoms with E-state index >= 15 is 0 Å². The van der Waals surface area contributed by atoms with Gasteiger partial charge in [0.25, 0.3) is 0 Å². The largest absolute Gasteiger partial charge is 0.258 e. The van der Waals surface area contributed by atoms with Crippen LogP contribution in [-0.4, -0.2) is 11.7 Å². The highest BCUT2D eigenvalue weighted by Gasteiger charge is 2.08. The standard InChI is InChI=1S/C7H7F2N/c8-5-6(9)7-3-1-2-4-10-7/h1-4,6H,5H2. The first-order valence-electron chi connectivity index (χ1n) is 2.95. The highest BCUT2D eigenvalue weighted by molar-refractivity contribution is 5.06. The van der Waals surface area contributed by atoms with Gasteiger partial charge in [-0.2, -0.15) is 0 Å². The molecule has 1 rings (SSSR count). The van der Waals surface area contributed by atoms with Crippen LogP contribution in [0, 0.1) is 0 Å². The molecule has 0 radical (unpaired) electrons. The summed E-state index contributed by atoms with van der Waals surface area (Å²) in [5, 5.41) is 0. The molecule has 0 fully saturated rings. The molecule has 1 unspecified atom stereocenters. The lowest BCUT2D eigenvalue weighted by molar-refractivity contribution is 0.261. The first-order valence-corrected chi connectivity index (χ1v) is 2.95. The van der Waals surface area contributed by atoms with E-state index < -0.39 is 12.8 Å². The fourth-order valence-corrected chi connectivity index (χ4v) is 0.640. The van der Waals surface area contributed by atoms with E-state index in [1.165, 1.54) is 12.3 Å². The minimum Gasteiger partial charge on any atom is -0.258 e. The maximum Gasteiger partial charge on any atom is 0.170 e. The Bertz CT molecular complexity index is 188. The quantitative estimate of drug-likeness (QED) is 0.617. The van der Waals surface area contributed by atoms with E-state index in [9.17, 15) is 8.78 Å². The van der Waals surface area contributed by atoms with Crippen LogP contribution < -0.4 is 0 Å². The molecule has 0 aliphatic rings. The van der Waals surface area contributed by atoms with E-state index in [0.29, 0.717) is 0 Å². The summed E-state index contributed by atoms with van der Waals surface area (Å²) < 4.78 is 24.1. The average molecular weight is 143 g/mol. The molecule has 1 atom stereocenters. The molecule has 1 aromatic heterocycles. The first-order chi connectivity index (χ1) is 4.84. The maximum absolute atomic E-state index is 12.4. The monoisotopic (exact) mass is 143 g/mol. The predicted molar refractivity (Wildman–Crippen MR) is 34.1 cm³/mol. The van der Waals surface area contributed by atoms with Crippen LogP contribution in [0.2, 0.25) is 0 Å². The van der Waals surface area contributed by atoms with Crippen LogP contribution in [0.4, 0.5) is 8.78 Å². The van der Waals surface area contributed by atoms with Crippen molar-refractivity contribution in [2.24, 2.45) is 0 Å². The number of alkyl halides is 2. The summed E-state index contributed by atoms with van der Waals surface area (Å²) in [5.41, 5.74) is 0.157. The Morgan fingerprint density at radius 1 is 1.50 bits per heavy atom. The zero-order chi connectivity index (χ0) is 7.40. The summed E-state index contributed by atoms with van der Waals surface area (Å²) in [6.45, 7) is -1.00. The third-order valence-corrected chi connectivity index (χ3v) is 1.14. The van der Waals surface area contributed by atoms with E-state index in [-0.39, 0.29) is 5.69 Å². The van der Waals surface area contributed by atoms with Crippen LogP contribution in [-0.2, 0) is 0 Å². The number of aromatic nitrogens is 1. The molecule has 3 heteroatoms. The van der Waals surface area contributed by atoms with Crippen LogP contribution in [0.1, 0.15) is 11.9 Å². The summed E-state index contributed by atoms with van der Waals surface area (Å²) in [7, 11) is 0. The molecule has 0 aromatic carbocycles. The lowest BCUT2D eigenvalue weighted by atomic mass is 10.3. The van der Waals surface area contributed by atoms with Gasteiger partial charge in [-0.25, -0.2) is 8.78 Å². The number of halogens is 2. The molecule has 10 heavy (non-hydrogen) atoms. The molecular formula is C7H7F2N. The Labute approximate surface area is 57.7 Å². The van der Waals surface area contributed by atoms with Gasteiger partial charge in [-0.3, -0.25) is 4.98 Å². The molecule has 1 nitrogen and oxygen atoms in total. The van der Waals surface area contributed by atoms with E-state index in [1.54, 1.807) is 12.1 Å². The average Bonchev–Trinajstić information content (AvgIpc) is 2.05. The molecule has 0 N–H and O–H groups in total. The van der Waals surface area contributed by atoms with Gasteiger partial charge in [0.1, 0.15) is 6.67 Å². The Morgan fingerprint density at radius 2 is 2.30 bits per heavy atom. The van der Waals surface area contributed by atoms with E-state index in [2.05, 4.69) is 4.98 Å². The van der Waals surface area contributed by atoms with Gasteiger partial charge in [-0.05, 0) is 12.1 Å². The van der Waals surface area contributed by atoms with Gasteiger partial charge >= 0.3 is 0 Å². The van der Waals surface area contributed by atoms with Crippen molar-refractivity contribution in [1.29, 1.82) is 0 Å². The van der Waals surface area contributed by atoms with Gasteiger partial charge < -0.3 is 0 Å². The molecular weight excluding hydrogens is 136 g/mol. The van der Waals surface area contributed by atoms with E-state index in [1.807, 2.05) is 0 Å². The molecule has 0 saturated carbocycles. The third kappa shape index (κ3) is 1.50. The molecule has 54 valence electrons. The Balaban J connectivity index is 2.75. The lowest BCUT2D eigenvalue weighted by Gasteiger charge is -1.99. The second-order valence-electron chi connectivity index (χ2n) is 1.88. The molecule has 1 heterocycles. The third-order valence-electron chi connectivity index (χ3n) is 1.14. The van der Waals surface area contributed by atoms with Gasteiger partial charge in [-0.1, -0.05) is 6.07 Å². The zero-order valence-electron chi connectivity index (χ0n) is 5.30. The summed E-state index contributed by atoms with van der Waals surface area (Å²) in [6.07, 6.45) is -0.126. The second kappa shape index (κ2) is 3.25. The number of hydrogen-bond donors (Lipinski definition) is 0. The number of hydrogen-bond acceptors (Lipinski definition) is 1. The van der Waals surface area contributed by atoms with Crippen molar-refractivity contribution in [3.8, 4) is 0 Å². The van der Waals surface area contributed by atoms with E-state index in [4.69, 9.17) is 0 Å². The zero-order valence-corrected chi connectivity index (χ0v) is 5.30. The minimum atomic E-state index is -1.57. The summed E-state index contributed by atoms with van der Waals surface area (Å²) >= 11 is 0. The molecule has 0 saturated heterocycles. The van der Waals surface area contributed by atoms with Gasteiger partial charge in [0, 0.05) is 6.20 Å². The summed E-state index contributed by atoms with van der Waals surface area (Å²) in [5.74, 6) is 0. The van der Waals surface area contributed by atoms with Crippen molar-refractivity contribution in [3.63, 3.8) is 0 Å². The van der Waals surface area contributed by atoms with Crippen molar-refractivity contribution in [1.82, 2.24) is 4.98 Å². The van der Waals surface area contributed by atoms with Crippen LogP contribution in [0.3, 0.4) is 0 Å². The van der Waals surface area contributed by atoms with E-state index in [0.717, 1.165) is 0 Å². The van der Waals surface area contributed by atoms with Crippen LogP contribution >= 0.6 is 0 Å². The Kier molecular flexibility index (Phi) is 2.31. The molecule has 0 aliphatic carbocycles. The smallest absolute Gasteiger partial charge is 0.170 e. The predicted octanol–water partition coefficient (Wildman–Crippen LogP) is 2.06. The summed E-state index contributed by atoms with van der Waals surface area (Å²) in [6, 6.07) is 4.75. The van der Waals surface area contributed by atoms with Gasteiger partial charge in [0.2, 0.25) is 0 Å². The van der Waals surface area contributed by atoms with Gasteiger partial charge in [0.15, 0.2) is 6.17 Å². The topological polar surface area (TPSA) is 12.9 Å². The molecule has 0 aliphatic heterocycles. The van der Waals surface area contributed by atoms with Crippen molar-refractivity contribution < 1.29 is 8.78 Å². The Morgan fingerprint density at radius 3 is 2.80 bits per heavy atom.